The molecule has 9 nitrogen and oxygen atoms in total. The van der Waals surface area contributed by atoms with Gasteiger partial charge in [-0.3, -0.25) is 14.6 Å². The summed E-state index contributed by atoms with van der Waals surface area (Å²) in [5.41, 5.74) is 0.110. The lowest BCUT2D eigenvalue weighted by Gasteiger charge is -2.42. The van der Waals surface area contributed by atoms with Gasteiger partial charge in [-0.05, 0) is 31.0 Å². The number of halogens is 1. The Morgan fingerprint density at radius 1 is 1.25 bits per heavy atom. The van der Waals surface area contributed by atoms with Gasteiger partial charge in [-0.25, -0.2) is 9.18 Å². The molecule has 0 saturated carbocycles. The van der Waals surface area contributed by atoms with E-state index in [1.807, 2.05) is 4.90 Å². The van der Waals surface area contributed by atoms with Gasteiger partial charge in [0.1, 0.15) is 11.9 Å². The third kappa shape index (κ3) is 5.31. The number of anilines is 2. The van der Waals surface area contributed by atoms with Crippen molar-refractivity contribution in [3.63, 3.8) is 0 Å². The quantitative estimate of drug-likeness (QED) is 0.667. The highest BCUT2D eigenvalue weighted by Crippen LogP contribution is 2.32. The Kier molecular flexibility index (Phi) is 6.82. The zero-order valence-corrected chi connectivity index (χ0v) is 18.4. The number of benzene rings is 1. The number of nitrogens with one attached hydrogen (secondary N) is 1. The third-order valence-electron chi connectivity index (χ3n) is 6.35. The van der Waals surface area contributed by atoms with Crippen LogP contribution < -0.4 is 15.1 Å². The number of cyclic esters (lactones) is 1. The first kappa shape index (κ1) is 22.8. The molecular formula is C22H31FN4O5. The molecule has 0 aromatic heterocycles. The van der Waals surface area contributed by atoms with Gasteiger partial charge in [-0.15, -0.1) is 0 Å². The number of piperidine rings is 1. The number of amides is 2. The molecule has 2 N–H and O–H groups in total. The van der Waals surface area contributed by atoms with Crippen LogP contribution in [0.1, 0.15) is 19.8 Å². The predicted molar refractivity (Wildman–Crippen MR) is 116 cm³/mol. The van der Waals surface area contributed by atoms with Gasteiger partial charge in [-0.2, -0.15) is 0 Å². The molecule has 0 aliphatic carbocycles. The molecule has 0 spiro atoms. The SMILES string of the molecule is CC(=O)NCC1CN(c2ccc(N3CCC(O)(CN4CCOCC4)CC3)c(F)c2)C(=O)O1. The number of aliphatic hydroxyl groups is 1. The Balaban J connectivity index is 1.35. The highest BCUT2D eigenvalue weighted by atomic mass is 19.1. The fourth-order valence-corrected chi connectivity index (χ4v) is 4.51. The van der Waals surface area contributed by atoms with Gasteiger partial charge in [0.15, 0.2) is 0 Å². The molecule has 3 fully saturated rings. The van der Waals surface area contributed by atoms with Crippen molar-refractivity contribution in [2.24, 2.45) is 0 Å². The topological polar surface area (TPSA) is 94.6 Å². The van der Waals surface area contributed by atoms with Crippen LogP contribution in [0.5, 0.6) is 0 Å². The highest BCUT2D eigenvalue weighted by Gasteiger charge is 2.36. The number of hydrogen-bond acceptors (Lipinski definition) is 7. The van der Waals surface area contributed by atoms with Crippen LogP contribution in [0.2, 0.25) is 0 Å². The minimum absolute atomic E-state index is 0.201. The van der Waals surface area contributed by atoms with E-state index < -0.39 is 23.6 Å². The summed E-state index contributed by atoms with van der Waals surface area (Å²) in [6, 6.07) is 4.71. The molecule has 10 heteroatoms. The molecule has 32 heavy (non-hydrogen) atoms. The van der Waals surface area contributed by atoms with E-state index >= 15 is 0 Å². The summed E-state index contributed by atoms with van der Waals surface area (Å²) in [4.78, 5) is 28.8. The van der Waals surface area contributed by atoms with Crippen LogP contribution in [0.3, 0.4) is 0 Å². The monoisotopic (exact) mass is 450 g/mol. The van der Waals surface area contributed by atoms with E-state index in [4.69, 9.17) is 9.47 Å². The number of carbonyl (C=O) groups excluding carboxylic acids is 2. The van der Waals surface area contributed by atoms with Gasteiger partial charge in [-0.1, -0.05) is 0 Å². The van der Waals surface area contributed by atoms with Crippen LogP contribution in [-0.4, -0.2) is 92.7 Å². The molecule has 3 aliphatic heterocycles. The smallest absolute Gasteiger partial charge is 0.414 e. The summed E-state index contributed by atoms with van der Waals surface area (Å²) in [6.45, 7) is 6.63. The van der Waals surface area contributed by atoms with Crippen LogP contribution >= 0.6 is 0 Å². The molecule has 1 unspecified atom stereocenters. The Hall–Kier alpha value is -2.43. The maximum atomic E-state index is 15.0. The average Bonchev–Trinajstić information content (AvgIpc) is 3.14. The number of rotatable bonds is 6. The van der Waals surface area contributed by atoms with E-state index in [0.29, 0.717) is 57.1 Å². The van der Waals surface area contributed by atoms with E-state index in [1.165, 1.54) is 17.9 Å². The second-order valence-corrected chi connectivity index (χ2v) is 8.79. The van der Waals surface area contributed by atoms with Crippen LogP contribution in [0, 0.1) is 5.82 Å². The number of morpholine rings is 1. The van der Waals surface area contributed by atoms with Crippen molar-refractivity contribution in [2.45, 2.75) is 31.5 Å². The van der Waals surface area contributed by atoms with Crippen LogP contribution in [0.25, 0.3) is 0 Å². The zero-order chi connectivity index (χ0) is 22.7. The predicted octanol–water partition coefficient (Wildman–Crippen LogP) is 0.950. The molecule has 0 bridgehead atoms. The number of ether oxygens (including phenoxy) is 2. The van der Waals surface area contributed by atoms with Crippen molar-refractivity contribution < 1.29 is 28.6 Å². The van der Waals surface area contributed by atoms with Gasteiger partial charge in [0, 0.05) is 39.6 Å². The van der Waals surface area contributed by atoms with Crippen LogP contribution in [-0.2, 0) is 14.3 Å². The van der Waals surface area contributed by atoms with E-state index in [2.05, 4.69) is 10.2 Å². The Bertz CT molecular complexity index is 840. The van der Waals surface area contributed by atoms with Crippen molar-refractivity contribution in [2.75, 3.05) is 68.8 Å². The molecule has 4 rings (SSSR count). The van der Waals surface area contributed by atoms with Crippen molar-refractivity contribution in [1.82, 2.24) is 10.2 Å². The molecule has 1 atom stereocenters. The summed E-state index contributed by atoms with van der Waals surface area (Å²) in [7, 11) is 0. The number of β-amino-alcohol motifs (C(OH)–C–C–N with tert-alkyl or cyclic N) is 1. The van der Waals surface area contributed by atoms with Gasteiger partial charge < -0.3 is 24.8 Å². The summed E-state index contributed by atoms with van der Waals surface area (Å²) < 4.78 is 25.6. The lowest BCUT2D eigenvalue weighted by molar-refractivity contribution is -0.119. The lowest BCUT2D eigenvalue weighted by Crippen LogP contribution is -2.53. The fraction of sp³-hybridized carbons (Fsp3) is 0.636. The Morgan fingerprint density at radius 3 is 2.62 bits per heavy atom. The normalized spacial score (nSPS) is 23.8. The fourth-order valence-electron chi connectivity index (χ4n) is 4.51. The van der Waals surface area contributed by atoms with Gasteiger partial charge in [0.25, 0.3) is 0 Å². The maximum Gasteiger partial charge on any atom is 0.414 e. The maximum absolute atomic E-state index is 15.0. The van der Waals surface area contributed by atoms with Crippen molar-refractivity contribution >= 4 is 23.4 Å². The summed E-state index contributed by atoms with van der Waals surface area (Å²) in [6.07, 6.45) is 0.0999. The molecule has 0 radical (unpaired) electrons. The first-order valence-electron chi connectivity index (χ1n) is 11.1. The lowest BCUT2D eigenvalue weighted by atomic mass is 9.90. The number of carbonyl (C=O) groups is 2. The van der Waals surface area contributed by atoms with Crippen molar-refractivity contribution in [3.05, 3.63) is 24.0 Å². The molecule has 3 heterocycles. The van der Waals surface area contributed by atoms with Gasteiger partial charge in [0.2, 0.25) is 5.91 Å². The minimum atomic E-state index is -0.771. The molecule has 2 amide bonds. The largest absolute Gasteiger partial charge is 0.442 e. The van der Waals surface area contributed by atoms with E-state index in [1.54, 1.807) is 12.1 Å². The van der Waals surface area contributed by atoms with E-state index in [-0.39, 0.29) is 19.0 Å². The second kappa shape index (κ2) is 9.60. The van der Waals surface area contributed by atoms with E-state index in [9.17, 15) is 19.1 Å². The second-order valence-electron chi connectivity index (χ2n) is 8.79. The summed E-state index contributed by atoms with van der Waals surface area (Å²) >= 11 is 0. The molecule has 3 saturated heterocycles. The first-order chi connectivity index (χ1) is 15.3. The van der Waals surface area contributed by atoms with Crippen molar-refractivity contribution in [1.29, 1.82) is 0 Å². The van der Waals surface area contributed by atoms with Crippen molar-refractivity contribution in [3.8, 4) is 0 Å². The third-order valence-corrected chi connectivity index (χ3v) is 6.35. The first-order valence-corrected chi connectivity index (χ1v) is 11.1. The summed E-state index contributed by atoms with van der Waals surface area (Å²) in [5.74, 6) is -0.618. The molecule has 1 aromatic carbocycles. The van der Waals surface area contributed by atoms with E-state index in [0.717, 1.165) is 13.1 Å². The van der Waals surface area contributed by atoms with Gasteiger partial charge >= 0.3 is 6.09 Å². The average molecular weight is 451 g/mol. The number of hydrogen-bond donors (Lipinski definition) is 2. The Morgan fingerprint density at radius 2 is 1.97 bits per heavy atom. The molecular weight excluding hydrogens is 419 g/mol. The van der Waals surface area contributed by atoms with Crippen LogP contribution in [0.15, 0.2) is 18.2 Å². The molecule has 176 valence electrons. The minimum Gasteiger partial charge on any atom is -0.442 e. The molecule has 1 aromatic rings. The highest BCUT2D eigenvalue weighted by molar-refractivity contribution is 5.90. The van der Waals surface area contributed by atoms with Gasteiger partial charge in [0.05, 0.1) is 43.3 Å². The summed E-state index contributed by atoms with van der Waals surface area (Å²) in [5, 5.41) is 13.6. The number of nitrogens with zero attached hydrogens (tertiary/aromatic N) is 3. The van der Waals surface area contributed by atoms with Crippen LogP contribution in [0.4, 0.5) is 20.6 Å². The standard InChI is InChI=1S/C22H31FN4O5/c1-16(28)24-13-18-14-27(21(29)32-18)17-2-3-20(19(23)12-17)26-6-4-22(30,5-7-26)15-25-8-10-31-11-9-25/h2-3,12,18,30H,4-11,13-15H2,1H3,(H,24,28). The zero-order valence-electron chi connectivity index (χ0n) is 18.4. The Labute approximate surface area is 187 Å². The molecule has 3 aliphatic rings.